The minimum absolute atomic E-state index is 0.146. The Hall–Kier alpha value is -1.28. The van der Waals surface area contributed by atoms with E-state index in [4.69, 9.17) is 9.26 Å². The van der Waals surface area contributed by atoms with Crippen molar-refractivity contribution in [2.24, 2.45) is 0 Å². The summed E-state index contributed by atoms with van der Waals surface area (Å²) in [6.45, 7) is 1.35. The SMILES string of the molecule is Cc1cn([C@H]2C[C@@H]3OP(=O)(F)OC[C@H]3O2)c(=O)[nH]c1=O. The van der Waals surface area contributed by atoms with E-state index in [1.165, 1.54) is 10.8 Å². The van der Waals surface area contributed by atoms with Crippen LogP contribution in [0.1, 0.15) is 18.2 Å². The predicted octanol–water partition coefficient (Wildman–Crippen LogP) is 0.626. The fourth-order valence-corrected chi connectivity index (χ4v) is 3.22. The first-order chi connectivity index (χ1) is 9.35. The second-order valence-electron chi connectivity index (χ2n) is 4.71. The maximum Gasteiger partial charge on any atom is 0.513 e. The van der Waals surface area contributed by atoms with Crippen LogP contribution in [0.25, 0.3) is 0 Å². The van der Waals surface area contributed by atoms with Gasteiger partial charge < -0.3 is 4.74 Å². The lowest BCUT2D eigenvalue weighted by Crippen LogP contribution is -2.33. The summed E-state index contributed by atoms with van der Waals surface area (Å²) in [5.41, 5.74) is -0.764. The van der Waals surface area contributed by atoms with Gasteiger partial charge in [-0.15, -0.1) is 4.20 Å². The van der Waals surface area contributed by atoms with Crippen LogP contribution in [0, 0.1) is 6.92 Å². The molecule has 2 saturated heterocycles. The Kier molecular flexibility index (Phi) is 3.17. The first kappa shape index (κ1) is 13.7. The molecule has 0 spiro atoms. The van der Waals surface area contributed by atoms with Crippen molar-refractivity contribution in [2.75, 3.05) is 6.61 Å². The highest BCUT2D eigenvalue weighted by atomic mass is 31.2. The zero-order valence-electron chi connectivity index (χ0n) is 10.4. The number of ether oxygens (including phenoxy) is 1. The number of fused-ring (bicyclic) bond motifs is 1. The van der Waals surface area contributed by atoms with Crippen LogP contribution in [0.2, 0.25) is 0 Å². The fraction of sp³-hybridized carbons (Fsp3) is 0.600. The molecule has 2 fully saturated rings. The van der Waals surface area contributed by atoms with Gasteiger partial charge in [0.05, 0.1) is 6.61 Å². The summed E-state index contributed by atoms with van der Waals surface area (Å²) in [6, 6.07) is 0. The van der Waals surface area contributed by atoms with Crippen LogP contribution in [0.15, 0.2) is 15.8 Å². The van der Waals surface area contributed by atoms with E-state index in [1.54, 1.807) is 6.92 Å². The van der Waals surface area contributed by atoms with Crippen LogP contribution < -0.4 is 11.2 Å². The summed E-state index contributed by atoms with van der Waals surface area (Å²) in [5.74, 6) is 0. The largest absolute Gasteiger partial charge is 0.513 e. The van der Waals surface area contributed by atoms with E-state index in [2.05, 4.69) is 9.51 Å². The minimum atomic E-state index is -4.53. The van der Waals surface area contributed by atoms with Gasteiger partial charge in [-0.3, -0.25) is 23.4 Å². The van der Waals surface area contributed by atoms with Gasteiger partial charge in [-0.25, -0.2) is 9.36 Å². The average Bonchev–Trinajstić information content (AvgIpc) is 2.74. The number of nitrogens with one attached hydrogen (secondary N) is 1. The minimum Gasteiger partial charge on any atom is -0.349 e. The van der Waals surface area contributed by atoms with E-state index >= 15 is 0 Å². The van der Waals surface area contributed by atoms with Crippen LogP contribution in [0.4, 0.5) is 4.20 Å². The number of rotatable bonds is 1. The molecule has 1 unspecified atom stereocenters. The second kappa shape index (κ2) is 4.63. The van der Waals surface area contributed by atoms with Crippen molar-refractivity contribution in [1.82, 2.24) is 9.55 Å². The van der Waals surface area contributed by atoms with E-state index in [0.29, 0.717) is 5.56 Å². The third-order valence-electron chi connectivity index (χ3n) is 3.29. The molecule has 0 aliphatic carbocycles. The fourth-order valence-electron chi connectivity index (χ4n) is 2.29. The molecular weight excluding hydrogens is 294 g/mol. The van der Waals surface area contributed by atoms with Gasteiger partial charge in [0.1, 0.15) is 18.4 Å². The van der Waals surface area contributed by atoms with Gasteiger partial charge in [0, 0.05) is 18.2 Å². The highest BCUT2D eigenvalue weighted by molar-refractivity contribution is 7.48. The summed E-state index contributed by atoms with van der Waals surface area (Å²) >= 11 is 0. The molecule has 3 heterocycles. The molecule has 0 radical (unpaired) electrons. The summed E-state index contributed by atoms with van der Waals surface area (Å²) < 4.78 is 40.1. The Morgan fingerprint density at radius 3 is 2.95 bits per heavy atom. The molecule has 3 rings (SSSR count). The molecule has 0 bridgehead atoms. The third-order valence-corrected chi connectivity index (χ3v) is 4.27. The monoisotopic (exact) mass is 306 g/mol. The lowest BCUT2D eigenvalue weighted by molar-refractivity contribution is -0.0640. The van der Waals surface area contributed by atoms with Crippen molar-refractivity contribution in [3.8, 4) is 0 Å². The van der Waals surface area contributed by atoms with Crippen LogP contribution in [0.5, 0.6) is 0 Å². The summed E-state index contributed by atoms with van der Waals surface area (Å²) in [6.07, 6.45) is -0.567. The molecule has 1 aromatic heterocycles. The Morgan fingerprint density at radius 2 is 2.20 bits per heavy atom. The van der Waals surface area contributed by atoms with E-state index < -0.39 is 37.6 Å². The van der Waals surface area contributed by atoms with E-state index in [0.717, 1.165) is 0 Å². The van der Waals surface area contributed by atoms with Gasteiger partial charge in [0.15, 0.2) is 0 Å². The number of nitrogens with zero attached hydrogens (tertiary/aromatic N) is 1. The molecule has 8 nitrogen and oxygen atoms in total. The molecule has 0 aromatic carbocycles. The van der Waals surface area contributed by atoms with Gasteiger partial charge in [0.2, 0.25) is 0 Å². The summed E-state index contributed by atoms with van der Waals surface area (Å²) in [5, 5.41) is 0. The zero-order chi connectivity index (χ0) is 14.5. The maximum absolute atomic E-state index is 13.2. The predicted molar refractivity (Wildman–Crippen MR) is 64.1 cm³/mol. The van der Waals surface area contributed by atoms with Gasteiger partial charge in [-0.05, 0) is 6.92 Å². The first-order valence-electron chi connectivity index (χ1n) is 5.96. The lowest BCUT2D eigenvalue weighted by Gasteiger charge is -2.25. The zero-order valence-corrected chi connectivity index (χ0v) is 11.3. The molecule has 10 heteroatoms. The standard InChI is InChI=1S/C10H12FN2O6P/c1-5-3-13(10(15)12-9(5)14)8-2-6-7(18-8)4-17-20(11,16)19-6/h3,6-8H,2,4H2,1H3,(H,12,14,15)/t6-,7+,8+,20?/m0/s1. The summed E-state index contributed by atoms with van der Waals surface area (Å²) in [4.78, 5) is 25.2. The quantitative estimate of drug-likeness (QED) is 0.764. The summed E-state index contributed by atoms with van der Waals surface area (Å²) in [7, 11) is -4.53. The number of aromatic amines is 1. The Morgan fingerprint density at radius 1 is 1.45 bits per heavy atom. The van der Waals surface area contributed by atoms with Crippen molar-refractivity contribution >= 4 is 7.91 Å². The third kappa shape index (κ3) is 2.37. The molecule has 2 aliphatic rings. The molecule has 20 heavy (non-hydrogen) atoms. The van der Waals surface area contributed by atoms with Crippen molar-refractivity contribution in [3.05, 3.63) is 32.6 Å². The van der Waals surface area contributed by atoms with E-state index in [9.17, 15) is 18.4 Å². The molecule has 1 N–H and O–H groups in total. The lowest BCUT2D eigenvalue weighted by atomic mass is 10.2. The number of aryl methyl sites for hydroxylation is 1. The number of halogens is 1. The number of hydrogen-bond donors (Lipinski definition) is 1. The van der Waals surface area contributed by atoms with Crippen molar-refractivity contribution in [1.29, 1.82) is 0 Å². The number of H-pyrrole nitrogens is 1. The molecule has 110 valence electrons. The van der Waals surface area contributed by atoms with Crippen LogP contribution in [-0.4, -0.2) is 28.4 Å². The van der Waals surface area contributed by atoms with Crippen molar-refractivity contribution < 1.29 is 22.5 Å². The molecule has 0 saturated carbocycles. The van der Waals surface area contributed by atoms with E-state index in [-0.39, 0.29) is 13.0 Å². The second-order valence-corrected chi connectivity index (χ2v) is 6.04. The molecule has 1 aromatic rings. The highest BCUT2D eigenvalue weighted by Gasteiger charge is 2.47. The Labute approximate surface area is 112 Å². The number of hydrogen-bond acceptors (Lipinski definition) is 6. The first-order valence-corrected chi connectivity index (χ1v) is 7.39. The van der Waals surface area contributed by atoms with Crippen molar-refractivity contribution in [2.45, 2.75) is 31.8 Å². The van der Waals surface area contributed by atoms with Gasteiger partial charge >= 0.3 is 13.6 Å². The van der Waals surface area contributed by atoms with Crippen molar-refractivity contribution in [3.63, 3.8) is 0 Å². The van der Waals surface area contributed by atoms with E-state index in [1.807, 2.05) is 0 Å². The Bertz CT molecular complexity index is 700. The van der Waals surface area contributed by atoms with Gasteiger partial charge in [-0.2, -0.15) is 0 Å². The van der Waals surface area contributed by atoms with Gasteiger partial charge in [0.25, 0.3) is 5.56 Å². The normalized spacial score (nSPS) is 36.8. The topological polar surface area (TPSA) is 99.6 Å². The van der Waals surface area contributed by atoms with Gasteiger partial charge in [-0.1, -0.05) is 0 Å². The molecule has 2 aliphatic heterocycles. The van der Waals surface area contributed by atoms with Crippen LogP contribution in [-0.2, 0) is 18.3 Å². The molecule has 4 atom stereocenters. The van der Waals surface area contributed by atoms with Crippen LogP contribution in [0.3, 0.4) is 0 Å². The maximum atomic E-state index is 13.2. The Balaban J connectivity index is 1.88. The molecular formula is C10H12FN2O6P. The van der Waals surface area contributed by atoms with Crippen LogP contribution >= 0.6 is 7.91 Å². The number of aromatic nitrogens is 2. The highest BCUT2D eigenvalue weighted by Crippen LogP contribution is 2.56. The smallest absolute Gasteiger partial charge is 0.349 e. The molecule has 0 amide bonds. The average molecular weight is 306 g/mol.